The molecule has 10 heavy (non-hydrogen) atoms. The van der Waals surface area contributed by atoms with Gasteiger partial charge in [0.15, 0.2) is 0 Å². The highest BCUT2D eigenvalue weighted by atomic mass is 17.1. The first kappa shape index (κ1) is 9.23. The zero-order valence-corrected chi connectivity index (χ0v) is 6.27. The van der Waals surface area contributed by atoms with Crippen molar-refractivity contribution in [1.82, 2.24) is 0 Å². The Morgan fingerprint density at radius 3 is 2.50 bits per heavy atom. The van der Waals surface area contributed by atoms with E-state index in [0.717, 1.165) is 0 Å². The van der Waals surface area contributed by atoms with Crippen molar-refractivity contribution < 1.29 is 10.1 Å². The fourth-order valence-corrected chi connectivity index (χ4v) is 0.293. The quantitative estimate of drug-likeness (QED) is 0.216. The predicted octanol–water partition coefficient (Wildman–Crippen LogP) is 1.95. The molecule has 0 rings (SSSR count). The molecule has 0 aromatic heterocycles. The zero-order chi connectivity index (χ0) is 8.20. The van der Waals surface area contributed by atoms with Crippen molar-refractivity contribution in [1.29, 1.82) is 0 Å². The van der Waals surface area contributed by atoms with Crippen LogP contribution in [-0.2, 0) is 4.89 Å². The minimum absolute atomic E-state index is 0.387. The van der Waals surface area contributed by atoms with Crippen LogP contribution in [0.4, 0.5) is 0 Å². The summed E-state index contributed by atoms with van der Waals surface area (Å²) < 4.78 is 0. The van der Waals surface area contributed by atoms with E-state index in [4.69, 9.17) is 10.8 Å². The van der Waals surface area contributed by atoms with Gasteiger partial charge in [-0.1, -0.05) is 12.0 Å². The van der Waals surface area contributed by atoms with Gasteiger partial charge in [0.05, 0.1) is 6.04 Å². The molecule has 5 nitrogen and oxygen atoms in total. The Kier molecular flexibility index (Phi) is 3.15. The Hall–Kier alpha value is -0.770. The molecule has 0 radical (unpaired) electrons. The van der Waals surface area contributed by atoms with Crippen molar-refractivity contribution in [3.8, 4) is 0 Å². The van der Waals surface area contributed by atoms with Gasteiger partial charge in [0, 0.05) is 4.91 Å². The first-order valence-corrected chi connectivity index (χ1v) is 2.91. The summed E-state index contributed by atoms with van der Waals surface area (Å²) in [5.74, 6) is 0. The molecule has 0 aliphatic rings. The van der Waals surface area contributed by atoms with Crippen LogP contribution < -0.4 is 0 Å². The first-order valence-electron chi connectivity index (χ1n) is 2.91. The molecular formula is C5H11N3O2. The van der Waals surface area contributed by atoms with Crippen molar-refractivity contribution in [3.63, 3.8) is 0 Å². The largest absolute Gasteiger partial charge is 0.251 e. The van der Waals surface area contributed by atoms with Gasteiger partial charge in [0.1, 0.15) is 5.60 Å². The number of hydrogen-bond acceptors (Lipinski definition) is 3. The van der Waals surface area contributed by atoms with E-state index < -0.39 is 5.60 Å². The molecular weight excluding hydrogens is 134 g/mol. The highest BCUT2D eigenvalue weighted by Crippen LogP contribution is 2.15. The van der Waals surface area contributed by atoms with Gasteiger partial charge < -0.3 is 0 Å². The van der Waals surface area contributed by atoms with Gasteiger partial charge in [-0.15, -0.1) is 0 Å². The second kappa shape index (κ2) is 3.41. The lowest BCUT2D eigenvalue weighted by molar-refractivity contribution is -0.316. The Bertz CT molecular complexity index is 151. The van der Waals surface area contributed by atoms with Gasteiger partial charge in [-0.25, -0.2) is 4.89 Å². The predicted molar refractivity (Wildman–Crippen MR) is 36.4 cm³/mol. The van der Waals surface area contributed by atoms with Gasteiger partial charge in [-0.3, -0.25) is 5.26 Å². The Balaban J connectivity index is 4.16. The lowest BCUT2D eigenvalue weighted by Crippen LogP contribution is -2.34. The normalized spacial score (nSPS) is 14.0. The van der Waals surface area contributed by atoms with E-state index in [1.807, 2.05) is 0 Å². The van der Waals surface area contributed by atoms with Crippen LogP contribution in [0.1, 0.15) is 20.8 Å². The van der Waals surface area contributed by atoms with E-state index in [1.165, 1.54) is 0 Å². The molecule has 1 unspecified atom stereocenters. The molecule has 0 aromatic carbocycles. The van der Waals surface area contributed by atoms with Crippen LogP contribution in [0.3, 0.4) is 0 Å². The standard InChI is InChI=1S/C5H11N3O2/c1-4(7-8-6)5(2,3)10-9/h4,9H,1-3H3. The summed E-state index contributed by atoms with van der Waals surface area (Å²) in [4.78, 5) is 6.67. The fourth-order valence-electron chi connectivity index (χ4n) is 0.293. The SMILES string of the molecule is CC(N=[N+]=[N-])C(C)(C)OO. The van der Waals surface area contributed by atoms with Crippen LogP contribution in [0.2, 0.25) is 0 Å². The van der Waals surface area contributed by atoms with Gasteiger partial charge in [-0.2, -0.15) is 0 Å². The molecule has 1 N–H and O–H groups in total. The molecule has 0 spiro atoms. The molecule has 0 bridgehead atoms. The van der Waals surface area contributed by atoms with Gasteiger partial charge in [0.25, 0.3) is 0 Å². The summed E-state index contributed by atoms with van der Waals surface area (Å²) in [6.07, 6.45) is 0. The van der Waals surface area contributed by atoms with Gasteiger partial charge in [0.2, 0.25) is 0 Å². The molecule has 58 valence electrons. The maximum absolute atomic E-state index is 8.31. The lowest BCUT2D eigenvalue weighted by Gasteiger charge is -2.23. The van der Waals surface area contributed by atoms with Gasteiger partial charge in [-0.05, 0) is 19.4 Å². The van der Waals surface area contributed by atoms with Crippen molar-refractivity contribution >= 4 is 0 Å². The molecule has 0 heterocycles. The summed E-state index contributed by atoms with van der Waals surface area (Å²) in [6, 6.07) is -0.387. The number of azide groups is 1. The number of rotatable bonds is 3. The van der Waals surface area contributed by atoms with Crippen molar-refractivity contribution in [2.75, 3.05) is 0 Å². The third-order valence-electron chi connectivity index (χ3n) is 1.47. The highest BCUT2D eigenvalue weighted by Gasteiger charge is 2.25. The van der Waals surface area contributed by atoms with Crippen LogP contribution in [-0.4, -0.2) is 16.9 Å². The van der Waals surface area contributed by atoms with Crippen LogP contribution >= 0.6 is 0 Å². The van der Waals surface area contributed by atoms with E-state index in [2.05, 4.69) is 14.9 Å². The Morgan fingerprint density at radius 1 is 1.70 bits per heavy atom. The molecule has 1 atom stereocenters. The van der Waals surface area contributed by atoms with Crippen LogP contribution in [0, 0.1) is 0 Å². The van der Waals surface area contributed by atoms with Crippen LogP contribution in [0.5, 0.6) is 0 Å². The second-order valence-electron chi connectivity index (χ2n) is 2.58. The van der Waals surface area contributed by atoms with Crippen LogP contribution in [0.25, 0.3) is 10.4 Å². The molecule has 0 amide bonds. The van der Waals surface area contributed by atoms with Crippen molar-refractivity contribution in [2.45, 2.75) is 32.4 Å². The number of nitrogens with zero attached hydrogens (tertiary/aromatic N) is 3. The summed E-state index contributed by atoms with van der Waals surface area (Å²) >= 11 is 0. The maximum atomic E-state index is 8.31. The maximum Gasteiger partial charge on any atom is 0.106 e. The summed E-state index contributed by atoms with van der Waals surface area (Å²) in [7, 11) is 0. The molecule has 0 aliphatic heterocycles. The molecule has 0 saturated heterocycles. The monoisotopic (exact) mass is 145 g/mol. The third kappa shape index (κ3) is 2.23. The van der Waals surface area contributed by atoms with E-state index in [9.17, 15) is 0 Å². The number of hydrogen-bond donors (Lipinski definition) is 1. The molecule has 0 aliphatic carbocycles. The van der Waals surface area contributed by atoms with E-state index in [0.29, 0.717) is 0 Å². The lowest BCUT2D eigenvalue weighted by atomic mass is 10.0. The molecule has 0 fully saturated rings. The van der Waals surface area contributed by atoms with Crippen molar-refractivity contribution in [2.24, 2.45) is 5.11 Å². The Morgan fingerprint density at radius 2 is 2.20 bits per heavy atom. The average molecular weight is 145 g/mol. The minimum Gasteiger partial charge on any atom is -0.251 e. The van der Waals surface area contributed by atoms with E-state index in [-0.39, 0.29) is 6.04 Å². The smallest absolute Gasteiger partial charge is 0.106 e. The molecule has 0 saturated carbocycles. The first-order chi connectivity index (χ1) is 4.54. The average Bonchev–Trinajstić information content (AvgIpc) is 1.89. The summed E-state index contributed by atoms with van der Waals surface area (Å²) in [6.45, 7) is 4.93. The van der Waals surface area contributed by atoms with E-state index in [1.54, 1.807) is 20.8 Å². The van der Waals surface area contributed by atoms with E-state index >= 15 is 0 Å². The molecule has 5 heteroatoms. The van der Waals surface area contributed by atoms with Crippen LogP contribution in [0.15, 0.2) is 5.11 Å². The minimum atomic E-state index is -0.813. The Labute approximate surface area is 59.2 Å². The fraction of sp³-hybridized carbons (Fsp3) is 1.00. The molecule has 0 aromatic rings. The third-order valence-corrected chi connectivity index (χ3v) is 1.47. The summed E-state index contributed by atoms with van der Waals surface area (Å²) in [5.41, 5.74) is 7.20. The highest BCUT2D eigenvalue weighted by molar-refractivity contribution is 4.80. The summed E-state index contributed by atoms with van der Waals surface area (Å²) in [5, 5.41) is 11.7. The van der Waals surface area contributed by atoms with Gasteiger partial charge >= 0.3 is 0 Å². The van der Waals surface area contributed by atoms with Crippen molar-refractivity contribution in [3.05, 3.63) is 10.4 Å². The topological polar surface area (TPSA) is 78.2 Å². The second-order valence-corrected chi connectivity index (χ2v) is 2.58. The zero-order valence-electron chi connectivity index (χ0n) is 6.27.